The van der Waals surface area contributed by atoms with Gasteiger partial charge in [0.1, 0.15) is 0 Å². The number of carbonyl (C=O) groups is 1. The van der Waals surface area contributed by atoms with E-state index in [0.29, 0.717) is 11.5 Å². The summed E-state index contributed by atoms with van der Waals surface area (Å²) >= 11 is -1.67. The van der Waals surface area contributed by atoms with E-state index in [1.165, 1.54) is 10.8 Å². The maximum atomic E-state index is 10.2. The van der Waals surface area contributed by atoms with Crippen molar-refractivity contribution in [2.45, 2.75) is 19.3 Å². The van der Waals surface area contributed by atoms with Gasteiger partial charge in [0.25, 0.3) is 0 Å². The van der Waals surface area contributed by atoms with Gasteiger partial charge in [0.2, 0.25) is 0 Å². The average Bonchev–Trinajstić information content (AvgIpc) is 2.08. The number of carboxylic acids is 1. The van der Waals surface area contributed by atoms with E-state index >= 15 is 0 Å². The number of rotatable bonds is 9. The number of carboxylic acid groups (broad SMARTS) is 1. The summed E-state index contributed by atoms with van der Waals surface area (Å²) in [6, 6.07) is 0. The number of aliphatic carboxylic acids is 1. The van der Waals surface area contributed by atoms with E-state index in [4.69, 9.17) is 9.66 Å². The quantitative estimate of drug-likeness (QED) is 0.241. The Morgan fingerprint density at radius 2 is 1.80 bits per heavy atom. The first kappa shape index (κ1) is 18.6. The summed E-state index contributed by atoms with van der Waals surface area (Å²) in [7, 11) is 3.16. The van der Waals surface area contributed by atoms with Gasteiger partial charge in [0.05, 0.1) is 6.42 Å². The van der Waals surface area contributed by atoms with Crippen LogP contribution in [0.15, 0.2) is 0 Å². The maximum absolute atomic E-state index is 10.2. The molecule has 0 radical (unpaired) electrons. The van der Waals surface area contributed by atoms with Gasteiger partial charge in [-0.3, -0.25) is 4.79 Å². The van der Waals surface area contributed by atoms with Crippen molar-refractivity contribution in [2.24, 2.45) is 0 Å². The maximum Gasteiger partial charge on any atom is 1.00 e. The molecule has 0 aliphatic rings. The molecule has 0 rings (SSSR count). The molecule has 84 valence electrons. The third kappa shape index (κ3) is 17.9. The van der Waals surface area contributed by atoms with E-state index in [2.05, 4.69) is 0 Å². The van der Waals surface area contributed by atoms with Crippen molar-refractivity contribution in [1.29, 1.82) is 0 Å². The number of unbranched alkanes of at least 4 members (excludes halogenated alkanes) is 1. The third-order valence-electron chi connectivity index (χ3n) is 1.28. The summed E-state index contributed by atoms with van der Waals surface area (Å²) in [4.78, 5) is 10.1. The molecule has 0 aliphatic carbocycles. The SMILES string of the molecule is O=C(O)CCSSCCCCS(=O)O.[Na+]. The Morgan fingerprint density at radius 3 is 2.33 bits per heavy atom. The Hall–Kier alpha value is 1.28. The minimum Gasteiger partial charge on any atom is -0.481 e. The topological polar surface area (TPSA) is 74.6 Å². The van der Waals surface area contributed by atoms with Crippen LogP contribution in [-0.2, 0) is 15.9 Å². The van der Waals surface area contributed by atoms with Crippen LogP contribution in [0.3, 0.4) is 0 Å². The molecule has 0 aliphatic heterocycles. The molecule has 0 aromatic rings. The Morgan fingerprint density at radius 1 is 1.20 bits per heavy atom. The van der Waals surface area contributed by atoms with Gasteiger partial charge in [-0.05, 0) is 12.8 Å². The normalized spacial score (nSPS) is 11.8. The molecule has 0 fully saturated rings. The fourth-order valence-electron chi connectivity index (χ4n) is 0.633. The molecule has 0 aromatic carbocycles. The van der Waals surface area contributed by atoms with E-state index in [0.717, 1.165) is 18.6 Å². The van der Waals surface area contributed by atoms with Crippen LogP contribution in [0.5, 0.6) is 0 Å². The largest absolute Gasteiger partial charge is 1.00 e. The van der Waals surface area contributed by atoms with Gasteiger partial charge in [-0.15, -0.1) is 0 Å². The molecule has 2 N–H and O–H groups in total. The van der Waals surface area contributed by atoms with Crippen LogP contribution in [0.1, 0.15) is 19.3 Å². The molecule has 15 heavy (non-hydrogen) atoms. The molecule has 0 saturated heterocycles. The number of hydrogen-bond acceptors (Lipinski definition) is 4. The Kier molecular flexibility index (Phi) is 16.6. The zero-order chi connectivity index (χ0) is 10.8. The molecular formula is C7H14NaO4S3+. The van der Waals surface area contributed by atoms with Crippen molar-refractivity contribution in [3.8, 4) is 0 Å². The monoisotopic (exact) mass is 281 g/mol. The molecule has 0 amide bonds. The standard InChI is InChI=1S/C7H14O4S3.Na/c8-7(9)3-5-13-12-4-1-2-6-14(10)11;/h1-6H2,(H,8,9)(H,10,11);/q;+1. The van der Waals surface area contributed by atoms with Gasteiger partial charge in [0.15, 0.2) is 11.1 Å². The molecule has 0 saturated carbocycles. The Labute approximate surface area is 122 Å². The van der Waals surface area contributed by atoms with Gasteiger partial charge in [-0.1, -0.05) is 21.6 Å². The Balaban J connectivity index is 0. The van der Waals surface area contributed by atoms with E-state index in [-0.39, 0.29) is 36.0 Å². The van der Waals surface area contributed by atoms with Crippen LogP contribution in [-0.4, -0.2) is 37.1 Å². The predicted molar refractivity (Wildman–Crippen MR) is 62.0 cm³/mol. The Bertz CT molecular complexity index is 171. The first-order chi connectivity index (χ1) is 6.63. The van der Waals surface area contributed by atoms with Gasteiger partial charge in [-0.25, -0.2) is 4.21 Å². The second-order valence-corrected chi connectivity index (χ2v) is 6.27. The first-order valence-corrected chi connectivity index (χ1v) is 7.93. The fourth-order valence-corrected chi connectivity index (χ4v) is 3.21. The van der Waals surface area contributed by atoms with Crippen molar-refractivity contribution in [3.63, 3.8) is 0 Å². The zero-order valence-electron chi connectivity index (χ0n) is 8.68. The van der Waals surface area contributed by atoms with Crippen LogP contribution in [0, 0.1) is 0 Å². The molecule has 4 nitrogen and oxygen atoms in total. The molecule has 1 unspecified atom stereocenters. The van der Waals surface area contributed by atoms with Crippen LogP contribution in [0.2, 0.25) is 0 Å². The minimum absolute atomic E-state index is 0. The predicted octanol–water partition coefficient (Wildman–Crippen LogP) is -1.15. The van der Waals surface area contributed by atoms with Crippen LogP contribution < -0.4 is 29.6 Å². The second-order valence-electron chi connectivity index (χ2n) is 2.52. The van der Waals surface area contributed by atoms with E-state index in [1.807, 2.05) is 0 Å². The van der Waals surface area contributed by atoms with Crippen molar-refractivity contribution >= 4 is 38.6 Å². The molecular weight excluding hydrogens is 267 g/mol. The van der Waals surface area contributed by atoms with Crippen molar-refractivity contribution in [2.75, 3.05) is 17.3 Å². The molecule has 0 aromatic heterocycles. The van der Waals surface area contributed by atoms with E-state index in [9.17, 15) is 9.00 Å². The zero-order valence-corrected chi connectivity index (χ0v) is 13.1. The fraction of sp³-hybridized carbons (Fsp3) is 0.857. The summed E-state index contributed by atoms with van der Waals surface area (Å²) in [6.07, 6.45) is 1.84. The summed E-state index contributed by atoms with van der Waals surface area (Å²) in [6.45, 7) is 0. The van der Waals surface area contributed by atoms with E-state index in [1.54, 1.807) is 10.8 Å². The van der Waals surface area contributed by atoms with Crippen LogP contribution in [0.4, 0.5) is 0 Å². The van der Waals surface area contributed by atoms with Gasteiger partial charge >= 0.3 is 35.5 Å². The smallest absolute Gasteiger partial charge is 0.481 e. The van der Waals surface area contributed by atoms with Gasteiger partial charge in [-0.2, -0.15) is 0 Å². The molecule has 8 heteroatoms. The molecule has 0 heterocycles. The summed E-state index contributed by atoms with van der Waals surface area (Å²) in [5, 5.41) is 8.33. The van der Waals surface area contributed by atoms with Crippen LogP contribution >= 0.6 is 21.6 Å². The third-order valence-corrected chi connectivity index (χ3v) is 4.41. The molecule has 0 bridgehead atoms. The van der Waals surface area contributed by atoms with E-state index < -0.39 is 17.0 Å². The van der Waals surface area contributed by atoms with Gasteiger partial charge in [0, 0.05) is 17.3 Å². The molecule has 0 spiro atoms. The van der Waals surface area contributed by atoms with Crippen LogP contribution in [0.25, 0.3) is 0 Å². The summed E-state index contributed by atoms with van der Waals surface area (Å²) < 4.78 is 18.7. The molecule has 1 atom stereocenters. The first-order valence-electron chi connectivity index (χ1n) is 4.16. The summed E-state index contributed by atoms with van der Waals surface area (Å²) in [5.41, 5.74) is 0. The number of hydrogen-bond donors (Lipinski definition) is 2. The second kappa shape index (κ2) is 13.3. The summed E-state index contributed by atoms with van der Waals surface area (Å²) in [5.74, 6) is 1.09. The van der Waals surface area contributed by atoms with Crippen molar-refractivity contribution < 1.29 is 48.2 Å². The average molecular weight is 281 g/mol. The van der Waals surface area contributed by atoms with Crippen molar-refractivity contribution in [1.82, 2.24) is 0 Å². The minimum atomic E-state index is -1.67. The van der Waals surface area contributed by atoms with Gasteiger partial charge < -0.3 is 9.66 Å². The van der Waals surface area contributed by atoms with Crippen molar-refractivity contribution in [3.05, 3.63) is 0 Å².